The minimum atomic E-state index is -0.667. The van der Waals surface area contributed by atoms with E-state index in [1.54, 1.807) is 18.2 Å². The van der Waals surface area contributed by atoms with Gasteiger partial charge in [-0.25, -0.2) is 4.98 Å². The number of carbonyl (C=O) groups excluding carboxylic acids is 2. The number of fused-ring (bicyclic) bond motifs is 1. The van der Waals surface area contributed by atoms with Gasteiger partial charge in [0.15, 0.2) is 12.2 Å². The van der Waals surface area contributed by atoms with Crippen LogP contribution in [0.25, 0.3) is 11.0 Å². The van der Waals surface area contributed by atoms with E-state index in [4.69, 9.17) is 52.1 Å². The second-order valence-electron chi connectivity index (χ2n) is 4.97. The fourth-order valence-corrected chi connectivity index (χ4v) is 3.28. The number of aldehydes is 1. The van der Waals surface area contributed by atoms with Crippen LogP contribution in [0.1, 0.15) is 20.7 Å². The van der Waals surface area contributed by atoms with Crippen LogP contribution < -0.4 is 11.1 Å². The molecule has 0 fully saturated rings. The summed E-state index contributed by atoms with van der Waals surface area (Å²) in [7, 11) is 0. The van der Waals surface area contributed by atoms with Gasteiger partial charge in [0.2, 0.25) is 0 Å². The number of nitrogens with one attached hydrogen (secondary N) is 2. The molecule has 0 atom stereocenters. The van der Waals surface area contributed by atoms with E-state index >= 15 is 0 Å². The molecule has 0 aliphatic heterocycles. The quantitative estimate of drug-likeness (QED) is 0.323. The third-order valence-corrected chi connectivity index (χ3v) is 5.22. The molecule has 6 nitrogen and oxygen atoms in total. The largest absolute Gasteiger partial charge is 0.369 e. The summed E-state index contributed by atoms with van der Waals surface area (Å²) >= 11 is 24.0. The molecule has 0 unspecified atom stereocenters. The van der Waals surface area contributed by atoms with E-state index in [0.29, 0.717) is 23.0 Å². The molecule has 128 valence electrons. The van der Waals surface area contributed by atoms with Crippen molar-refractivity contribution in [1.29, 1.82) is 0 Å². The van der Waals surface area contributed by atoms with Crippen molar-refractivity contribution < 1.29 is 9.59 Å². The molecule has 0 spiro atoms. The van der Waals surface area contributed by atoms with Crippen molar-refractivity contribution in [3.63, 3.8) is 0 Å². The van der Waals surface area contributed by atoms with Crippen LogP contribution in [0.2, 0.25) is 20.1 Å². The van der Waals surface area contributed by atoms with Crippen LogP contribution in [0, 0.1) is 0 Å². The molecule has 1 amide bonds. The maximum atomic E-state index is 12.6. The first-order chi connectivity index (χ1) is 11.8. The number of amides is 1. The van der Waals surface area contributed by atoms with Gasteiger partial charge in [-0.15, -0.1) is 0 Å². The highest BCUT2D eigenvalue weighted by Gasteiger charge is 2.24. The summed E-state index contributed by atoms with van der Waals surface area (Å²) in [5.74, 6) is -0.416. The van der Waals surface area contributed by atoms with Crippen molar-refractivity contribution in [1.82, 2.24) is 9.97 Å². The number of aromatic nitrogens is 2. The number of aromatic amines is 1. The number of H-pyrrole nitrogens is 1. The molecule has 3 aromatic rings. The minimum Gasteiger partial charge on any atom is -0.369 e. The van der Waals surface area contributed by atoms with Gasteiger partial charge in [-0.2, -0.15) is 0 Å². The zero-order chi connectivity index (χ0) is 18.3. The number of nitrogens with zero attached hydrogens (tertiary/aromatic N) is 1. The Balaban J connectivity index is 2.04. The molecular formula is C15H8Cl4N4O2. The summed E-state index contributed by atoms with van der Waals surface area (Å²) in [5, 5.41) is 2.10. The van der Waals surface area contributed by atoms with Crippen molar-refractivity contribution in [2.75, 3.05) is 11.1 Å². The predicted octanol–water partition coefficient (Wildman–Crippen LogP) is 4.82. The Labute approximate surface area is 161 Å². The number of nitrogens with two attached hydrogens (primary N) is 1. The maximum absolute atomic E-state index is 12.6. The van der Waals surface area contributed by atoms with Crippen LogP contribution in [-0.4, -0.2) is 22.2 Å². The number of rotatable bonds is 3. The van der Waals surface area contributed by atoms with E-state index in [-0.39, 0.29) is 37.2 Å². The van der Waals surface area contributed by atoms with Crippen LogP contribution in [-0.2, 0) is 0 Å². The number of imidazole rings is 1. The van der Waals surface area contributed by atoms with Gasteiger partial charge in [-0.3, -0.25) is 9.59 Å². The van der Waals surface area contributed by atoms with Gasteiger partial charge >= 0.3 is 0 Å². The van der Waals surface area contributed by atoms with Gasteiger partial charge < -0.3 is 16.0 Å². The average Bonchev–Trinajstić information content (AvgIpc) is 2.95. The fraction of sp³-hybridized carbons (Fsp3) is 0. The molecule has 3 rings (SSSR count). The Kier molecular flexibility index (Phi) is 4.79. The molecule has 0 bridgehead atoms. The summed E-state index contributed by atoms with van der Waals surface area (Å²) in [5.41, 5.74) is 6.97. The molecule has 1 aromatic heterocycles. The zero-order valence-electron chi connectivity index (χ0n) is 12.2. The van der Waals surface area contributed by atoms with E-state index in [2.05, 4.69) is 15.3 Å². The Morgan fingerprint density at radius 1 is 1.12 bits per heavy atom. The van der Waals surface area contributed by atoms with Crippen LogP contribution in [0.3, 0.4) is 0 Å². The summed E-state index contributed by atoms with van der Waals surface area (Å²) in [6.07, 6.45) is 0.393. The Hall–Kier alpha value is -1.99. The lowest BCUT2D eigenvalue weighted by molar-refractivity contribution is 0.101. The second-order valence-corrected chi connectivity index (χ2v) is 6.48. The zero-order valence-corrected chi connectivity index (χ0v) is 15.2. The van der Waals surface area contributed by atoms with Crippen molar-refractivity contribution >= 4 is 81.3 Å². The molecule has 0 saturated heterocycles. The van der Waals surface area contributed by atoms with Crippen molar-refractivity contribution in [2.45, 2.75) is 0 Å². The fourth-order valence-electron chi connectivity index (χ4n) is 2.28. The minimum absolute atomic E-state index is 0.0960. The Morgan fingerprint density at radius 2 is 1.80 bits per heavy atom. The lowest BCUT2D eigenvalue weighted by Gasteiger charge is -2.13. The Bertz CT molecular complexity index is 1030. The molecule has 2 aromatic carbocycles. The summed E-state index contributed by atoms with van der Waals surface area (Å²) in [6.45, 7) is 0. The van der Waals surface area contributed by atoms with Gasteiger partial charge in [0.1, 0.15) is 0 Å². The van der Waals surface area contributed by atoms with Gasteiger partial charge in [0.05, 0.1) is 36.7 Å². The number of nitrogen functional groups attached to an aromatic ring is 1. The molecule has 0 aliphatic rings. The topological polar surface area (TPSA) is 101 Å². The highest BCUT2D eigenvalue weighted by Crippen LogP contribution is 2.41. The van der Waals surface area contributed by atoms with Gasteiger partial charge in [0.25, 0.3) is 5.91 Å². The van der Waals surface area contributed by atoms with Crippen LogP contribution in [0.4, 0.5) is 11.6 Å². The SMILES string of the molecule is Nc1nc2ccc(NC(=O)c3c(Cl)c(Cl)c(Cl)c(Cl)c3C=O)cc2[nH]1. The molecule has 4 N–H and O–H groups in total. The number of halogens is 4. The number of benzene rings is 2. The molecule has 0 aliphatic carbocycles. The third kappa shape index (κ3) is 3.14. The van der Waals surface area contributed by atoms with E-state index in [1.807, 2.05) is 0 Å². The van der Waals surface area contributed by atoms with Gasteiger partial charge in [0, 0.05) is 11.3 Å². The van der Waals surface area contributed by atoms with E-state index < -0.39 is 5.91 Å². The van der Waals surface area contributed by atoms with Crippen LogP contribution in [0.15, 0.2) is 18.2 Å². The number of hydrogen-bond donors (Lipinski definition) is 3. The number of anilines is 2. The normalized spacial score (nSPS) is 10.9. The molecule has 0 saturated carbocycles. The Morgan fingerprint density at radius 3 is 2.48 bits per heavy atom. The van der Waals surface area contributed by atoms with E-state index in [0.717, 1.165) is 0 Å². The standard InChI is InChI=1S/C15H8Cl4N4O2/c16-10-6(4-24)9(11(17)13(19)12(10)18)14(25)21-5-1-2-7-8(3-5)23-15(20)22-7/h1-4H,(H,21,25)(H3,20,22,23). The molecule has 25 heavy (non-hydrogen) atoms. The first-order valence-electron chi connectivity index (χ1n) is 6.71. The van der Waals surface area contributed by atoms with Gasteiger partial charge in [-0.1, -0.05) is 46.4 Å². The first kappa shape index (κ1) is 17.8. The highest BCUT2D eigenvalue weighted by atomic mass is 35.5. The monoisotopic (exact) mass is 416 g/mol. The lowest BCUT2D eigenvalue weighted by atomic mass is 10.1. The lowest BCUT2D eigenvalue weighted by Crippen LogP contribution is -2.15. The molecule has 10 heteroatoms. The van der Waals surface area contributed by atoms with Crippen LogP contribution >= 0.6 is 46.4 Å². The van der Waals surface area contributed by atoms with Crippen molar-refractivity contribution in [3.05, 3.63) is 49.4 Å². The van der Waals surface area contributed by atoms with Gasteiger partial charge in [-0.05, 0) is 18.2 Å². The third-order valence-electron chi connectivity index (χ3n) is 3.41. The predicted molar refractivity (Wildman–Crippen MR) is 100 cm³/mol. The number of hydrogen-bond acceptors (Lipinski definition) is 4. The van der Waals surface area contributed by atoms with E-state index in [9.17, 15) is 9.59 Å². The molecule has 1 heterocycles. The van der Waals surface area contributed by atoms with Crippen molar-refractivity contribution in [3.8, 4) is 0 Å². The van der Waals surface area contributed by atoms with E-state index in [1.165, 1.54) is 0 Å². The second kappa shape index (κ2) is 6.72. The average molecular weight is 418 g/mol. The number of carbonyl (C=O) groups is 2. The summed E-state index contributed by atoms with van der Waals surface area (Å²) in [4.78, 5) is 30.9. The first-order valence-corrected chi connectivity index (χ1v) is 8.22. The van der Waals surface area contributed by atoms with Crippen LogP contribution in [0.5, 0.6) is 0 Å². The maximum Gasteiger partial charge on any atom is 0.258 e. The summed E-state index contributed by atoms with van der Waals surface area (Å²) < 4.78 is 0. The molecular weight excluding hydrogens is 410 g/mol. The van der Waals surface area contributed by atoms with Crippen molar-refractivity contribution in [2.24, 2.45) is 0 Å². The molecule has 0 radical (unpaired) electrons. The smallest absolute Gasteiger partial charge is 0.258 e. The highest BCUT2D eigenvalue weighted by molar-refractivity contribution is 6.54. The summed E-state index contributed by atoms with van der Waals surface area (Å²) in [6, 6.07) is 4.92.